The second-order valence-electron chi connectivity index (χ2n) is 13.7. The monoisotopic (exact) mass is 474 g/mol. The molecular weight excluding hydrogens is 428 g/mol. The van der Waals surface area contributed by atoms with Crippen molar-refractivity contribution in [3.05, 3.63) is 0 Å². The van der Waals surface area contributed by atoms with E-state index in [0.29, 0.717) is 42.3 Å². The number of hydrogen-bond acceptors (Lipinski definition) is 4. The molecule has 0 amide bonds. The molecule has 0 aromatic heterocycles. The summed E-state index contributed by atoms with van der Waals surface area (Å²) in [5.41, 5.74) is -0.151. The number of carboxylic acid groups (broad SMARTS) is 1. The molecule has 34 heavy (non-hydrogen) atoms. The predicted octanol–water partition coefficient (Wildman–Crippen LogP) is 6.28. The molecule has 192 valence electrons. The molecule has 4 aliphatic rings. The van der Waals surface area contributed by atoms with Crippen LogP contribution in [0.25, 0.3) is 0 Å². The van der Waals surface area contributed by atoms with Gasteiger partial charge in [-0.25, -0.2) is 0 Å². The van der Waals surface area contributed by atoms with Crippen LogP contribution in [0, 0.1) is 51.2 Å². The molecule has 1 N–H and O–H groups in total. The van der Waals surface area contributed by atoms with Crippen molar-refractivity contribution in [1.82, 2.24) is 0 Å². The number of carbonyl (C=O) groups is 3. The first kappa shape index (κ1) is 25.7. The Kier molecular flexibility index (Phi) is 6.30. The van der Waals surface area contributed by atoms with Gasteiger partial charge in [-0.15, -0.1) is 0 Å². The van der Waals surface area contributed by atoms with Gasteiger partial charge >= 0.3 is 11.9 Å². The molecule has 0 spiro atoms. The Bertz CT molecular complexity index is 863. The van der Waals surface area contributed by atoms with E-state index in [1.807, 2.05) is 0 Å². The molecule has 4 rings (SSSR count). The lowest BCUT2D eigenvalue weighted by molar-refractivity contribution is -0.207. The number of fused-ring (bicyclic) bond motifs is 5. The summed E-state index contributed by atoms with van der Waals surface area (Å²) in [5, 5.41) is 9.21. The maximum absolute atomic E-state index is 14.1. The van der Waals surface area contributed by atoms with E-state index in [-0.39, 0.29) is 46.1 Å². The van der Waals surface area contributed by atoms with Crippen molar-refractivity contribution in [3.8, 4) is 0 Å². The van der Waals surface area contributed by atoms with Crippen LogP contribution in [0.3, 0.4) is 0 Å². The molecule has 4 fully saturated rings. The number of esters is 1. The fraction of sp³-hybridized carbons (Fsp3) is 0.897. The van der Waals surface area contributed by atoms with Gasteiger partial charge in [-0.2, -0.15) is 0 Å². The van der Waals surface area contributed by atoms with Crippen LogP contribution >= 0.6 is 0 Å². The molecule has 5 nitrogen and oxygen atoms in total. The van der Waals surface area contributed by atoms with E-state index in [0.717, 1.165) is 38.5 Å². The molecule has 0 aromatic carbocycles. The van der Waals surface area contributed by atoms with Gasteiger partial charge in [-0.1, -0.05) is 41.5 Å². The number of carboxylic acids is 1. The van der Waals surface area contributed by atoms with Crippen LogP contribution in [0.4, 0.5) is 0 Å². The highest BCUT2D eigenvalue weighted by Gasteiger charge is 2.70. The molecule has 0 aliphatic heterocycles. The minimum atomic E-state index is -0.726. The normalized spacial score (nSPS) is 46.1. The van der Waals surface area contributed by atoms with Crippen LogP contribution in [-0.4, -0.2) is 28.9 Å². The minimum Gasteiger partial charge on any atom is -0.481 e. The van der Waals surface area contributed by atoms with Crippen molar-refractivity contribution in [2.24, 2.45) is 51.2 Å². The van der Waals surface area contributed by atoms with Crippen LogP contribution in [0.1, 0.15) is 106 Å². The van der Waals surface area contributed by atoms with Crippen molar-refractivity contribution in [3.63, 3.8) is 0 Å². The summed E-state index contributed by atoms with van der Waals surface area (Å²) in [7, 11) is 0. The van der Waals surface area contributed by atoms with Crippen LogP contribution in [0.15, 0.2) is 0 Å². The fourth-order valence-electron chi connectivity index (χ4n) is 10.2. The summed E-state index contributed by atoms with van der Waals surface area (Å²) in [6, 6.07) is 0. The maximum atomic E-state index is 14.1. The molecule has 0 radical (unpaired) electrons. The lowest BCUT2D eigenvalue weighted by atomic mass is 9.37. The first-order valence-corrected chi connectivity index (χ1v) is 13.6. The number of ether oxygens (including phenoxy) is 1. The molecule has 2 unspecified atom stereocenters. The summed E-state index contributed by atoms with van der Waals surface area (Å²) in [6.07, 6.45) is 7.62. The number of aliphatic carboxylic acids is 1. The van der Waals surface area contributed by atoms with E-state index < -0.39 is 5.97 Å². The molecule has 0 heterocycles. The number of ketones is 1. The average Bonchev–Trinajstić information content (AvgIpc) is 2.99. The molecule has 4 aliphatic carbocycles. The Balaban J connectivity index is 1.64. The number of Topliss-reactive ketones (excluding diaryl/α,β-unsaturated/α-hetero) is 1. The lowest BCUT2D eigenvalue weighted by Gasteiger charge is -2.66. The fourth-order valence-corrected chi connectivity index (χ4v) is 10.2. The van der Waals surface area contributed by atoms with E-state index in [1.165, 1.54) is 6.92 Å². The van der Waals surface area contributed by atoms with Gasteiger partial charge in [0.05, 0.1) is 0 Å². The zero-order valence-corrected chi connectivity index (χ0v) is 22.4. The lowest BCUT2D eigenvalue weighted by Crippen LogP contribution is -2.64. The maximum Gasteiger partial charge on any atom is 0.303 e. The highest BCUT2D eigenvalue weighted by Crippen LogP contribution is 2.74. The van der Waals surface area contributed by atoms with Gasteiger partial charge in [-0.05, 0) is 84.9 Å². The Morgan fingerprint density at radius 3 is 2.32 bits per heavy atom. The van der Waals surface area contributed by atoms with Gasteiger partial charge in [0.25, 0.3) is 0 Å². The SMILES string of the molecule is CC(=O)O[C@H]1CC[C@]2(C)C3C(=O)C[C@]4(C)[C@@H](C(C)CCC(=O)O)CC[C@@]4(C)[C@@H]3CC[C@H]2C1(C)C. The smallest absolute Gasteiger partial charge is 0.303 e. The standard InChI is InChI=1S/C29H46O5/c1-17(8-11-24(32)33)19-12-15-28(6)20-9-10-22-26(3,4)23(34-18(2)30)13-14-27(22,5)25(20)21(31)16-29(19,28)7/h17,19-20,22-23,25H,8-16H2,1-7H3,(H,32,33)/t17?,19-,20-,22+,23+,25?,27+,28+,29-/m1/s1. The average molecular weight is 475 g/mol. The van der Waals surface area contributed by atoms with Crippen LogP contribution < -0.4 is 0 Å². The van der Waals surface area contributed by atoms with E-state index in [1.54, 1.807) is 0 Å². The van der Waals surface area contributed by atoms with Gasteiger partial charge in [0.15, 0.2) is 0 Å². The second kappa shape index (κ2) is 8.34. The van der Waals surface area contributed by atoms with Crippen LogP contribution in [0.2, 0.25) is 0 Å². The van der Waals surface area contributed by atoms with Gasteiger partial charge in [0.2, 0.25) is 0 Å². The molecule has 4 saturated carbocycles. The topological polar surface area (TPSA) is 80.7 Å². The number of hydrogen-bond donors (Lipinski definition) is 1. The quantitative estimate of drug-likeness (QED) is 0.474. The van der Waals surface area contributed by atoms with Crippen molar-refractivity contribution in [2.45, 2.75) is 112 Å². The summed E-state index contributed by atoms with van der Waals surface area (Å²) < 4.78 is 5.78. The molecule has 0 aromatic rings. The van der Waals surface area contributed by atoms with Crippen molar-refractivity contribution in [1.29, 1.82) is 0 Å². The Hall–Kier alpha value is -1.39. The zero-order valence-electron chi connectivity index (χ0n) is 22.4. The number of carbonyl (C=O) groups excluding carboxylic acids is 2. The third kappa shape index (κ3) is 3.58. The predicted molar refractivity (Wildman–Crippen MR) is 131 cm³/mol. The zero-order chi connectivity index (χ0) is 25.3. The third-order valence-corrected chi connectivity index (χ3v) is 12.0. The van der Waals surface area contributed by atoms with Crippen LogP contribution in [-0.2, 0) is 19.1 Å². The largest absolute Gasteiger partial charge is 0.481 e. The van der Waals surface area contributed by atoms with E-state index >= 15 is 0 Å². The molecule has 0 bridgehead atoms. The van der Waals surface area contributed by atoms with Gasteiger partial charge in [-0.3, -0.25) is 14.4 Å². The van der Waals surface area contributed by atoms with Gasteiger partial charge in [0, 0.05) is 31.1 Å². The van der Waals surface area contributed by atoms with Crippen molar-refractivity contribution >= 4 is 17.7 Å². The summed E-state index contributed by atoms with van der Waals surface area (Å²) >= 11 is 0. The van der Waals surface area contributed by atoms with Crippen molar-refractivity contribution < 1.29 is 24.2 Å². The summed E-state index contributed by atoms with van der Waals surface area (Å²) in [5.74, 6) is 1.06. The summed E-state index contributed by atoms with van der Waals surface area (Å²) in [4.78, 5) is 37.1. The summed E-state index contributed by atoms with van der Waals surface area (Å²) in [6.45, 7) is 15.4. The van der Waals surface area contributed by atoms with Crippen LogP contribution in [0.5, 0.6) is 0 Å². The minimum absolute atomic E-state index is 0.0580. The highest BCUT2D eigenvalue weighted by atomic mass is 16.5. The molecule has 0 saturated heterocycles. The number of rotatable bonds is 5. The highest BCUT2D eigenvalue weighted by molar-refractivity contribution is 5.84. The van der Waals surface area contributed by atoms with Crippen molar-refractivity contribution in [2.75, 3.05) is 0 Å². The Morgan fingerprint density at radius 1 is 1.03 bits per heavy atom. The molecule has 5 heteroatoms. The van der Waals surface area contributed by atoms with Gasteiger partial charge < -0.3 is 9.84 Å². The van der Waals surface area contributed by atoms with E-state index in [2.05, 4.69) is 41.5 Å². The first-order chi connectivity index (χ1) is 15.7. The molecular formula is C29H46O5. The molecule has 9 atom stereocenters. The van der Waals surface area contributed by atoms with Gasteiger partial charge in [0.1, 0.15) is 11.9 Å². The Labute approximate surface area is 205 Å². The van der Waals surface area contributed by atoms with E-state index in [9.17, 15) is 19.5 Å². The Morgan fingerprint density at radius 2 is 1.71 bits per heavy atom. The van der Waals surface area contributed by atoms with E-state index in [4.69, 9.17) is 4.74 Å². The first-order valence-electron chi connectivity index (χ1n) is 13.6. The second-order valence-corrected chi connectivity index (χ2v) is 13.7. The third-order valence-electron chi connectivity index (χ3n) is 12.0.